The lowest BCUT2D eigenvalue weighted by atomic mass is 10.2. The van der Waals surface area contributed by atoms with Gasteiger partial charge in [-0.3, -0.25) is 4.90 Å². The molecule has 0 bridgehead atoms. The molecule has 0 spiro atoms. The highest BCUT2D eigenvalue weighted by molar-refractivity contribution is 7.89. The van der Waals surface area contributed by atoms with Gasteiger partial charge in [-0.15, -0.1) is 0 Å². The van der Waals surface area contributed by atoms with Gasteiger partial charge < -0.3 is 14.6 Å². The molecular weight excluding hydrogens is 460 g/mol. The Morgan fingerprint density at radius 3 is 2.35 bits per heavy atom. The number of benzene rings is 1. The van der Waals surface area contributed by atoms with Gasteiger partial charge in [0.1, 0.15) is 23.2 Å². The van der Waals surface area contributed by atoms with Crippen molar-refractivity contribution >= 4 is 16.0 Å². The summed E-state index contributed by atoms with van der Waals surface area (Å²) >= 11 is 0. The maximum atomic E-state index is 13.0. The van der Waals surface area contributed by atoms with Gasteiger partial charge in [-0.1, -0.05) is 0 Å². The highest BCUT2D eigenvalue weighted by Gasteiger charge is 2.32. The summed E-state index contributed by atoms with van der Waals surface area (Å²) in [4.78, 5) is 22.7. The molecule has 1 aromatic carbocycles. The van der Waals surface area contributed by atoms with Crippen LogP contribution < -0.4 is 9.47 Å². The van der Waals surface area contributed by atoms with Crippen LogP contribution in [0.4, 0.5) is 0 Å². The van der Waals surface area contributed by atoms with E-state index in [0.29, 0.717) is 37.8 Å². The third-order valence-electron chi connectivity index (χ3n) is 6.48. The predicted molar refractivity (Wildman–Crippen MR) is 124 cm³/mol. The predicted octanol–water partition coefficient (Wildman–Crippen LogP) is 2.57. The van der Waals surface area contributed by atoms with Gasteiger partial charge in [-0.25, -0.2) is 18.2 Å². The maximum absolute atomic E-state index is 13.0. The Morgan fingerprint density at radius 2 is 1.76 bits per heavy atom. The van der Waals surface area contributed by atoms with Crippen molar-refractivity contribution in [1.82, 2.24) is 19.2 Å². The summed E-state index contributed by atoms with van der Waals surface area (Å²) in [5, 5.41) is 9.51. The van der Waals surface area contributed by atoms with Crippen molar-refractivity contribution < 1.29 is 27.8 Å². The fourth-order valence-corrected chi connectivity index (χ4v) is 5.79. The molecule has 4 rings (SSSR count). The van der Waals surface area contributed by atoms with Crippen molar-refractivity contribution in [1.29, 1.82) is 0 Å². The maximum Gasteiger partial charge on any atom is 0.342 e. The largest absolute Gasteiger partial charge is 0.497 e. The van der Waals surface area contributed by atoms with Crippen LogP contribution in [-0.4, -0.2) is 78.1 Å². The van der Waals surface area contributed by atoms with Crippen molar-refractivity contribution in [2.24, 2.45) is 0 Å². The SMILES string of the molecule is COc1ccc(S(=O)(=O)N2CCN(C(C)c3ncc(C(=O)O)c(OC4CCCC4)n3)CC2)cc1. The number of aromatic nitrogens is 2. The van der Waals surface area contributed by atoms with Gasteiger partial charge in [0.2, 0.25) is 15.9 Å². The molecule has 0 radical (unpaired) electrons. The van der Waals surface area contributed by atoms with Crippen LogP contribution in [0.1, 0.15) is 54.8 Å². The molecule has 2 aromatic rings. The number of ether oxygens (including phenoxy) is 2. The number of methoxy groups -OCH3 is 1. The third-order valence-corrected chi connectivity index (χ3v) is 8.39. The molecule has 34 heavy (non-hydrogen) atoms. The standard InChI is InChI=1S/C23H30N4O6S/c1-16(21-24-15-20(23(28)29)22(25-21)33-18-5-3-4-6-18)26-11-13-27(14-12-26)34(30,31)19-9-7-17(32-2)8-10-19/h7-10,15-16,18H,3-6,11-14H2,1-2H3,(H,28,29). The Balaban J connectivity index is 1.44. The second-order valence-electron chi connectivity index (χ2n) is 8.57. The molecule has 2 fully saturated rings. The number of carbonyl (C=O) groups is 1. The third kappa shape index (κ3) is 5.16. The zero-order valence-electron chi connectivity index (χ0n) is 19.4. The average molecular weight is 491 g/mol. The second kappa shape index (κ2) is 10.2. The molecule has 1 saturated heterocycles. The molecule has 1 N–H and O–H groups in total. The van der Waals surface area contributed by atoms with Crippen LogP contribution in [-0.2, 0) is 10.0 Å². The Kier molecular flexibility index (Phi) is 7.34. The zero-order valence-corrected chi connectivity index (χ0v) is 20.2. The first kappa shape index (κ1) is 24.4. The Bertz CT molecular complexity index is 1110. The summed E-state index contributed by atoms with van der Waals surface area (Å²) in [5.74, 6) is 0.0498. The number of piperazine rings is 1. The lowest BCUT2D eigenvalue weighted by Gasteiger charge is -2.36. The number of hydrogen-bond acceptors (Lipinski definition) is 8. The molecule has 2 heterocycles. The Morgan fingerprint density at radius 1 is 1.12 bits per heavy atom. The molecule has 1 atom stereocenters. The first-order chi connectivity index (χ1) is 16.3. The van der Waals surface area contributed by atoms with E-state index in [1.54, 1.807) is 24.3 Å². The molecule has 11 heteroatoms. The molecule has 1 aliphatic carbocycles. The van der Waals surface area contributed by atoms with Crippen LogP contribution in [0.25, 0.3) is 0 Å². The lowest BCUT2D eigenvalue weighted by molar-refractivity contribution is 0.0686. The van der Waals surface area contributed by atoms with Gasteiger partial charge in [0.05, 0.1) is 18.0 Å². The summed E-state index contributed by atoms with van der Waals surface area (Å²) in [5.41, 5.74) is -0.0433. The van der Waals surface area contributed by atoms with E-state index in [2.05, 4.69) is 14.9 Å². The molecule has 0 amide bonds. The summed E-state index contributed by atoms with van der Waals surface area (Å²) in [6.45, 7) is 3.59. The zero-order chi connectivity index (χ0) is 24.3. The monoisotopic (exact) mass is 490 g/mol. The molecular formula is C23H30N4O6S. The first-order valence-electron chi connectivity index (χ1n) is 11.4. The molecule has 1 aliphatic heterocycles. The summed E-state index contributed by atoms with van der Waals surface area (Å²) in [6.07, 6.45) is 5.17. The van der Waals surface area contributed by atoms with Crippen molar-refractivity contribution in [3.63, 3.8) is 0 Å². The van der Waals surface area contributed by atoms with Crippen LogP contribution in [0.2, 0.25) is 0 Å². The molecule has 1 saturated carbocycles. The van der Waals surface area contributed by atoms with Crippen LogP contribution in [0.15, 0.2) is 35.4 Å². The molecule has 184 valence electrons. The smallest absolute Gasteiger partial charge is 0.342 e. The number of aromatic carboxylic acids is 1. The molecule has 2 aliphatic rings. The van der Waals surface area contributed by atoms with E-state index in [4.69, 9.17) is 9.47 Å². The number of carboxylic acids is 1. The van der Waals surface area contributed by atoms with Crippen molar-refractivity contribution in [2.75, 3.05) is 33.3 Å². The first-order valence-corrected chi connectivity index (χ1v) is 12.9. The van der Waals surface area contributed by atoms with E-state index >= 15 is 0 Å². The van der Waals surface area contributed by atoms with Crippen LogP contribution in [0, 0.1) is 0 Å². The van der Waals surface area contributed by atoms with Gasteiger partial charge in [0, 0.05) is 32.4 Å². The average Bonchev–Trinajstić information content (AvgIpc) is 3.36. The van der Waals surface area contributed by atoms with E-state index < -0.39 is 16.0 Å². The minimum atomic E-state index is -3.60. The number of nitrogens with zero attached hydrogens (tertiary/aromatic N) is 4. The topological polar surface area (TPSA) is 122 Å². The van der Waals surface area contributed by atoms with Gasteiger partial charge in [0.15, 0.2) is 0 Å². The minimum Gasteiger partial charge on any atom is -0.497 e. The summed E-state index contributed by atoms with van der Waals surface area (Å²) in [7, 11) is -2.07. The molecule has 1 aromatic heterocycles. The van der Waals surface area contributed by atoms with Crippen LogP contribution >= 0.6 is 0 Å². The summed E-state index contributed by atoms with van der Waals surface area (Å²) in [6, 6.07) is 6.14. The van der Waals surface area contributed by atoms with E-state index in [1.165, 1.54) is 17.6 Å². The number of sulfonamides is 1. The lowest BCUT2D eigenvalue weighted by Crippen LogP contribution is -2.49. The van der Waals surface area contributed by atoms with Gasteiger partial charge >= 0.3 is 5.97 Å². The number of hydrogen-bond donors (Lipinski definition) is 1. The molecule has 10 nitrogen and oxygen atoms in total. The number of carboxylic acid groups (broad SMARTS) is 1. The van der Waals surface area contributed by atoms with E-state index in [1.807, 2.05) is 6.92 Å². The summed E-state index contributed by atoms with van der Waals surface area (Å²) < 4.78 is 38.5. The van der Waals surface area contributed by atoms with Gasteiger partial charge in [-0.2, -0.15) is 9.29 Å². The Labute approximate surface area is 199 Å². The second-order valence-corrected chi connectivity index (χ2v) is 10.5. The van der Waals surface area contributed by atoms with Crippen molar-refractivity contribution in [3.05, 3.63) is 41.9 Å². The fourth-order valence-electron chi connectivity index (χ4n) is 4.37. The van der Waals surface area contributed by atoms with Gasteiger partial charge in [0.25, 0.3) is 0 Å². The highest BCUT2D eigenvalue weighted by atomic mass is 32.2. The van der Waals surface area contributed by atoms with E-state index in [-0.39, 0.29) is 28.5 Å². The van der Waals surface area contributed by atoms with E-state index in [9.17, 15) is 18.3 Å². The van der Waals surface area contributed by atoms with Crippen LogP contribution in [0.3, 0.4) is 0 Å². The van der Waals surface area contributed by atoms with E-state index in [0.717, 1.165) is 25.7 Å². The Hall–Kier alpha value is -2.76. The van der Waals surface area contributed by atoms with Crippen molar-refractivity contribution in [2.45, 2.75) is 49.6 Å². The van der Waals surface area contributed by atoms with Crippen LogP contribution in [0.5, 0.6) is 11.6 Å². The fraction of sp³-hybridized carbons (Fsp3) is 0.522. The normalized spacial score (nSPS) is 19.1. The molecule has 1 unspecified atom stereocenters. The highest BCUT2D eigenvalue weighted by Crippen LogP contribution is 2.28. The number of rotatable bonds is 8. The van der Waals surface area contributed by atoms with Gasteiger partial charge in [-0.05, 0) is 56.9 Å². The quantitative estimate of drug-likeness (QED) is 0.595. The minimum absolute atomic E-state index is 0.0251. The van der Waals surface area contributed by atoms with Crippen molar-refractivity contribution in [3.8, 4) is 11.6 Å².